The number of hydrogen-bond acceptors (Lipinski definition) is 0. The lowest BCUT2D eigenvalue weighted by molar-refractivity contribution is 0.451. The Morgan fingerprint density at radius 2 is 2.00 bits per heavy atom. The average molecular weight is 185 g/mol. The predicted molar refractivity (Wildman–Crippen MR) is 59.8 cm³/mol. The highest BCUT2D eigenvalue weighted by molar-refractivity contribution is 7.96. The van der Waals surface area contributed by atoms with Crippen molar-refractivity contribution in [3.05, 3.63) is 12.2 Å². The molecule has 0 aromatic rings. The second-order valence-electron chi connectivity index (χ2n) is 4.13. The van der Waals surface area contributed by atoms with E-state index in [1.807, 2.05) is 0 Å². The Kier molecular flexibility index (Phi) is 4.20. The van der Waals surface area contributed by atoms with Crippen LogP contribution in [0.1, 0.15) is 32.6 Å². The first-order valence-corrected chi connectivity index (χ1v) is 6.89. The van der Waals surface area contributed by atoms with Crippen LogP contribution in [-0.2, 0) is 10.9 Å². The third kappa shape index (κ3) is 3.66. The summed E-state index contributed by atoms with van der Waals surface area (Å²) in [6, 6.07) is 0. The minimum atomic E-state index is 0.752. The summed E-state index contributed by atoms with van der Waals surface area (Å²) in [6.07, 6.45) is 8.02. The standard InChI is InChI=1S/C11H21S/c1-10(2)4-5-11-6-8-12(3)9-7-11/h11H,1,4-9H2,2-3H3/q+1. The first kappa shape index (κ1) is 10.2. The molecule has 0 aromatic carbocycles. The van der Waals surface area contributed by atoms with Crippen LogP contribution in [0.4, 0.5) is 0 Å². The zero-order chi connectivity index (χ0) is 8.97. The molecule has 0 unspecified atom stereocenters. The minimum Gasteiger partial charge on any atom is -0.100 e. The molecule has 0 spiro atoms. The molecule has 0 radical (unpaired) electrons. The summed E-state index contributed by atoms with van der Waals surface area (Å²) in [7, 11) is 0.752. The monoisotopic (exact) mass is 185 g/mol. The van der Waals surface area contributed by atoms with Gasteiger partial charge in [0.25, 0.3) is 0 Å². The van der Waals surface area contributed by atoms with E-state index in [0.717, 1.165) is 16.8 Å². The van der Waals surface area contributed by atoms with Gasteiger partial charge < -0.3 is 0 Å². The molecule has 1 fully saturated rings. The summed E-state index contributed by atoms with van der Waals surface area (Å²) < 4.78 is 0. The van der Waals surface area contributed by atoms with Crippen molar-refractivity contribution in [1.82, 2.24) is 0 Å². The maximum Gasteiger partial charge on any atom is 0.108 e. The van der Waals surface area contributed by atoms with Crippen molar-refractivity contribution in [2.45, 2.75) is 32.6 Å². The minimum absolute atomic E-state index is 0.752. The molecule has 0 saturated carbocycles. The maximum absolute atomic E-state index is 3.96. The molecule has 1 rings (SSSR count). The number of hydrogen-bond donors (Lipinski definition) is 0. The molecule has 0 N–H and O–H groups in total. The SMILES string of the molecule is C=C(C)CCC1CC[S+](C)CC1. The van der Waals surface area contributed by atoms with Gasteiger partial charge in [0, 0.05) is 0 Å². The predicted octanol–water partition coefficient (Wildman–Crippen LogP) is 3.00. The summed E-state index contributed by atoms with van der Waals surface area (Å²) in [5, 5.41) is 0. The Morgan fingerprint density at radius 3 is 2.50 bits per heavy atom. The van der Waals surface area contributed by atoms with Crippen LogP contribution in [0.25, 0.3) is 0 Å². The first-order valence-electron chi connectivity index (χ1n) is 4.92. The van der Waals surface area contributed by atoms with E-state index < -0.39 is 0 Å². The second kappa shape index (κ2) is 4.96. The quantitative estimate of drug-likeness (QED) is 0.468. The van der Waals surface area contributed by atoms with Gasteiger partial charge in [0.2, 0.25) is 0 Å². The lowest BCUT2D eigenvalue weighted by Gasteiger charge is -2.20. The molecular formula is C11H21S+. The molecule has 1 saturated heterocycles. The van der Waals surface area contributed by atoms with Gasteiger partial charge in [-0.2, -0.15) is 0 Å². The molecule has 70 valence electrons. The van der Waals surface area contributed by atoms with Gasteiger partial charge in [0.1, 0.15) is 11.5 Å². The van der Waals surface area contributed by atoms with E-state index in [4.69, 9.17) is 0 Å². The van der Waals surface area contributed by atoms with Gasteiger partial charge in [-0.15, -0.1) is 6.58 Å². The van der Waals surface area contributed by atoms with Crippen molar-refractivity contribution < 1.29 is 0 Å². The summed E-state index contributed by atoms with van der Waals surface area (Å²) in [5.74, 6) is 3.99. The smallest absolute Gasteiger partial charge is 0.100 e. The van der Waals surface area contributed by atoms with Crippen LogP contribution in [0, 0.1) is 5.92 Å². The molecule has 0 aromatic heterocycles. The van der Waals surface area contributed by atoms with Crippen LogP contribution in [0.15, 0.2) is 12.2 Å². The molecule has 0 nitrogen and oxygen atoms in total. The third-order valence-electron chi connectivity index (χ3n) is 2.73. The molecule has 0 atom stereocenters. The van der Waals surface area contributed by atoms with E-state index in [1.165, 1.54) is 42.8 Å². The van der Waals surface area contributed by atoms with E-state index in [2.05, 4.69) is 19.8 Å². The molecule has 1 heteroatoms. The summed E-state index contributed by atoms with van der Waals surface area (Å²) in [6.45, 7) is 6.10. The first-order chi connectivity index (χ1) is 5.68. The molecule has 0 bridgehead atoms. The molecule has 0 amide bonds. The second-order valence-corrected chi connectivity index (χ2v) is 6.51. The summed E-state index contributed by atoms with van der Waals surface area (Å²) >= 11 is 0. The molecule has 1 aliphatic rings. The van der Waals surface area contributed by atoms with Crippen LogP contribution < -0.4 is 0 Å². The highest BCUT2D eigenvalue weighted by Gasteiger charge is 2.23. The van der Waals surface area contributed by atoms with Gasteiger partial charge in [-0.05, 0) is 49.4 Å². The highest BCUT2D eigenvalue weighted by Crippen LogP contribution is 2.24. The van der Waals surface area contributed by atoms with Crippen LogP contribution in [0.5, 0.6) is 0 Å². The zero-order valence-corrected chi connectivity index (χ0v) is 9.25. The van der Waals surface area contributed by atoms with E-state index in [0.29, 0.717) is 0 Å². The van der Waals surface area contributed by atoms with Crippen molar-refractivity contribution in [3.8, 4) is 0 Å². The Hall–Kier alpha value is 0.0900. The Labute approximate surface area is 79.8 Å². The Morgan fingerprint density at radius 1 is 1.42 bits per heavy atom. The number of rotatable bonds is 3. The zero-order valence-electron chi connectivity index (χ0n) is 8.44. The van der Waals surface area contributed by atoms with Crippen molar-refractivity contribution in [2.24, 2.45) is 5.92 Å². The van der Waals surface area contributed by atoms with E-state index in [1.54, 1.807) is 0 Å². The Bertz CT molecular complexity index is 143. The Balaban J connectivity index is 2.13. The third-order valence-corrected chi connectivity index (χ3v) is 4.59. The fraction of sp³-hybridized carbons (Fsp3) is 0.818. The van der Waals surface area contributed by atoms with Gasteiger partial charge in [-0.3, -0.25) is 0 Å². The van der Waals surface area contributed by atoms with Crippen molar-refractivity contribution in [3.63, 3.8) is 0 Å². The van der Waals surface area contributed by atoms with Gasteiger partial charge >= 0.3 is 0 Å². The molecule has 12 heavy (non-hydrogen) atoms. The van der Waals surface area contributed by atoms with Crippen LogP contribution in [-0.4, -0.2) is 17.8 Å². The lowest BCUT2D eigenvalue weighted by atomic mass is 9.95. The number of allylic oxidation sites excluding steroid dienone is 1. The fourth-order valence-electron chi connectivity index (χ4n) is 1.72. The van der Waals surface area contributed by atoms with Crippen molar-refractivity contribution >= 4 is 10.9 Å². The van der Waals surface area contributed by atoms with E-state index >= 15 is 0 Å². The van der Waals surface area contributed by atoms with Gasteiger partial charge in [0.15, 0.2) is 0 Å². The summed E-state index contributed by atoms with van der Waals surface area (Å²) in [4.78, 5) is 0. The molecular weight excluding hydrogens is 164 g/mol. The molecule has 1 heterocycles. The topological polar surface area (TPSA) is 0 Å². The van der Waals surface area contributed by atoms with Crippen molar-refractivity contribution in [1.29, 1.82) is 0 Å². The van der Waals surface area contributed by atoms with E-state index in [-0.39, 0.29) is 0 Å². The van der Waals surface area contributed by atoms with Crippen LogP contribution >= 0.6 is 0 Å². The van der Waals surface area contributed by atoms with Gasteiger partial charge in [0.05, 0.1) is 6.26 Å². The van der Waals surface area contributed by atoms with Crippen molar-refractivity contribution in [2.75, 3.05) is 17.8 Å². The summed E-state index contributed by atoms with van der Waals surface area (Å²) in [5.41, 5.74) is 1.36. The fourth-order valence-corrected chi connectivity index (χ4v) is 3.40. The molecule has 1 aliphatic heterocycles. The largest absolute Gasteiger partial charge is 0.108 e. The van der Waals surface area contributed by atoms with Gasteiger partial charge in [-0.25, -0.2) is 0 Å². The van der Waals surface area contributed by atoms with Gasteiger partial charge in [-0.1, -0.05) is 5.57 Å². The molecule has 0 aliphatic carbocycles. The highest BCUT2D eigenvalue weighted by atomic mass is 32.2. The normalized spacial score (nSPS) is 30.2. The maximum atomic E-state index is 3.96. The van der Waals surface area contributed by atoms with E-state index in [9.17, 15) is 0 Å². The lowest BCUT2D eigenvalue weighted by Crippen LogP contribution is -2.22. The average Bonchev–Trinajstić information content (AvgIpc) is 2.03. The van der Waals surface area contributed by atoms with Crippen LogP contribution in [0.2, 0.25) is 0 Å². The van der Waals surface area contributed by atoms with Crippen LogP contribution in [0.3, 0.4) is 0 Å².